The molecule has 0 aliphatic heterocycles. The summed E-state index contributed by atoms with van der Waals surface area (Å²) in [7, 11) is 1.92. The monoisotopic (exact) mass is 233 g/mol. The van der Waals surface area contributed by atoms with Gasteiger partial charge in [0.25, 0.3) is 0 Å². The van der Waals surface area contributed by atoms with Crippen molar-refractivity contribution in [2.24, 2.45) is 7.05 Å². The van der Waals surface area contributed by atoms with Crippen LogP contribution < -0.4 is 5.32 Å². The minimum absolute atomic E-state index is 0.241. The van der Waals surface area contributed by atoms with Gasteiger partial charge in [0.05, 0.1) is 17.3 Å². The second-order valence-corrected chi connectivity index (χ2v) is 4.28. The molecule has 0 fully saturated rings. The molecule has 2 heterocycles. The maximum Gasteiger partial charge on any atom is 0.137 e. The van der Waals surface area contributed by atoms with Crippen molar-refractivity contribution in [3.05, 3.63) is 29.8 Å². The zero-order chi connectivity index (χ0) is 12.4. The van der Waals surface area contributed by atoms with Crippen LogP contribution in [0.3, 0.4) is 0 Å². The van der Waals surface area contributed by atoms with Crippen LogP contribution in [0.2, 0.25) is 0 Å². The van der Waals surface area contributed by atoms with Crippen LogP contribution in [0.5, 0.6) is 0 Å². The lowest BCUT2D eigenvalue weighted by Crippen LogP contribution is -2.16. The summed E-state index contributed by atoms with van der Waals surface area (Å²) in [5.41, 5.74) is 2.05. The Hall–Kier alpha value is -1.55. The van der Waals surface area contributed by atoms with Crippen LogP contribution in [-0.2, 0) is 7.05 Å². The highest BCUT2D eigenvalue weighted by atomic mass is 16.3. The Morgan fingerprint density at radius 2 is 2.24 bits per heavy atom. The molecule has 0 spiro atoms. The van der Waals surface area contributed by atoms with Gasteiger partial charge in [-0.15, -0.1) is 0 Å². The SMILES string of the molecule is CCNC(C)c1ccc(-c2cn(C)nc2C)o1. The molecule has 2 rings (SSSR count). The molecule has 0 radical (unpaired) electrons. The maximum absolute atomic E-state index is 5.86. The lowest BCUT2D eigenvalue weighted by Gasteiger charge is -2.08. The average molecular weight is 233 g/mol. The number of rotatable bonds is 4. The standard InChI is InChI=1S/C13H19N3O/c1-5-14-10(3)12-6-7-13(17-12)11-8-16(4)15-9(11)2/h6-8,10,14H,5H2,1-4H3. The molecule has 2 aromatic heterocycles. The van der Waals surface area contributed by atoms with E-state index in [9.17, 15) is 0 Å². The smallest absolute Gasteiger partial charge is 0.137 e. The van der Waals surface area contributed by atoms with Gasteiger partial charge in [-0.05, 0) is 32.5 Å². The van der Waals surface area contributed by atoms with Gasteiger partial charge < -0.3 is 9.73 Å². The molecule has 0 aliphatic rings. The van der Waals surface area contributed by atoms with E-state index in [0.29, 0.717) is 0 Å². The fraction of sp³-hybridized carbons (Fsp3) is 0.462. The molecule has 92 valence electrons. The molecule has 1 atom stereocenters. The molecule has 17 heavy (non-hydrogen) atoms. The molecule has 0 aromatic carbocycles. The quantitative estimate of drug-likeness (QED) is 0.882. The van der Waals surface area contributed by atoms with Crippen LogP contribution in [-0.4, -0.2) is 16.3 Å². The summed E-state index contributed by atoms with van der Waals surface area (Å²) in [6.45, 7) is 7.11. The molecule has 1 N–H and O–H groups in total. The van der Waals surface area contributed by atoms with Gasteiger partial charge in [0.15, 0.2) is 0 Å². The summed E-state index contributed by atoms with van der Waals surface area (Å²) in [5.74, 6) is 1.85. The van der Waals surface area contributed by atoms with E-state index in [1.165, 1.54) is 0 Å². The van der Waals surface area contributed by atoms with Crippen molar-refractivity contribution in [3.63, 3.8) is 0 Å². The molecule has 0 amide bonds. The Bertz CT molecular complexity index is 498. The summed E-state index contributed by atoms with van der Waals surface area (Å²) in [5, 5.41) is 7.65. The predicted molar refractivity (Wildman–Crippen MR) is 67.7 cm³/mol. The van der Waals surface area contributed by atoms with Crippen LogP contribution in [0, 0.1) is 6.92 Å². The van der Waals surface area contributed by atoms with Gasteiger partial charge in [-0.3, -0.25) is 4.68 Å². The van der Waals surface area contributed by atoms with Crippen molar-refractivity contribution in [2.45, 2.75) is 26.8 Å². The first-order valence-electron chi connectivity index (χ1n) is 5.95. The average Bonchev–Trinajstić information content (AvgIpc) is 2.85. The molecular weight excluding hydrogens is 214 g/mol. The van der Waals surface area contributed by atoms with Crippen LogP contribution in [0.4, 0.5) is 0 Å². The van der Waals surface area contributed by atoms with Crippen LogP contribution >= 0.6 is 0 Å². The van der Waals surface area contributed by atoms with Crippen molar-refractivity contribution >= 4 is 0 Å². The van der Waals surface area contributed by atoms with E-state index in [1.807, 2.05) is 32.3 Å². The number of nitrogens with zero attached hydrogens (tertiary/aromatic N) is 2. The van der Waals surface area contributed by atoms with Crippen molar-refractivity contribution < 1.29 is 4.42 Å². The van der Waals surface area contributed by atoms with Gasteiger partial charge in [-0.25, -0.2) is 0 Å². The van der Waals surface area contributed by atoms with Gasteiger partial charge in [0.1, 0.15) is 11.5 Å². The first kappa shape index (κ1) is 11.9. The highest BCUT2D eigenvalue weighted by Crippen LogP contribution is 2.27. The highest BCUT2D eigenvalue weighted by Gasteiger charge is 2.13. The third-order valence-corrected chi connectivity index (χ3v) is 2.84. The number of hydrogen-bond acceptors (Lipinski definition) is 3. The molecule has 1 unspecified atom stereocenters. The van der Waals surface area contributed by atoms with Gasteiger partial charge in [-0.2, -0.15) is 5.10 Å². The number of aromatic nitrogens is 2. The van der Waals surface area contributed by atoms with Crippen LogP contribution in [0.15, 0.2) is 22.7 Å². The topological polar surface area (TPSA) is 43.0 Å². The van der Waals surface area contributed by atoms with E-state index in [4.69, 9.17) is 4.42 Å². The number of nitrogens with one attached hydrogen (secondary N) is 1. The molecule has 0 saturated heterocycles. The van der Waals surface area contributed by atoms with Crippen LogP contribution in [0.1, 0.15) is 31.3 Å². The third-order valence-electron chi connectivity index (χ3n) is 2.84. The summed E-state index contributed by atoms with van der Waals surface area (Å²) in [6.07, 6.45) is 1.98. The molecule has 0 bridgehead atoms. The predicted octanol–water partition coefficient (Wildman–Crippen LogP) is 2.66. The number of furan rings is 1. The summed E-state index contributed by atoms with van der Waals surface area (Å²) in [6, 6.07) is 4.27. The normalized spacial score (nSPS) is 12.9. The van der Waals surface area contributed by atoms with E-state index in [2.05, 4.69) is 24.3 Å². The Morgan fingerprint density at radius 3 is 2.82 bits per heavy atom. The zero-order valence-electron chi connectivity index (χ0n) is 10.8. The lowest BCUT2D eigenvalue weighted by atomic mass is 10.2. The van der Waals surface area contributed by atoms with E-state index in [1.54, 1.807) is 4.68 Å². The van der Waals surface area contributed by atoms with E-state index >= 15 is 0 Å². The maximum atomic E-state index is 5.86. The van der Waals surface area contributed by atoms with Crippen molar-refractivity contribution in [3.8, 4) is 11.3 Å². The molecule has 4 nitrogen and oxygen atoms in total. The minimum atomic E-state index is 0.241. The van der Waals surface area contributed by atoms with E-state index < -0.39 is 0 Å². The van der Waals surface area contributed by atoms with Crippen molar-refractivity contribution in [1.29, 1.82) is 0 Å². The lowest BCUT2D eigenvalue weighted by molar-refractivity contribution is 0.445. The Morgan fingerprint density at radius 1 is 1.47 bits per heavy atom. The van der Waals surface area contributed by atoms with Crippen molar-refractivity contribution in [2.75, 3.05) is 6.54 Å². The number of hydrogen-bond donors (Lipinski definition) is 1. The Kier molecular flexibility index (Phi) is 3.33. The molecular formula is C13H19N3O. The molecule has 0 saturated carbocycles. The second kappa shape index (κ2) is 4.75. The third kappa shape index (κ3) is 2.42. The van der Waals surface area contributed by atoms with Gasteiger partial charge in [0.2, 0.25) is 0 Å². The fourth-order valence-electron chi connectivity index (χ4n) is 1.98. The van der Waals surface area contributed by atoms with Gasteiger partial charge in [0, 0.05) is 13.2 Å². The van der Waals surface area contributed by atoms with E-state index in [-0.39, 0.29) is 6.04 Å². The summed E-state index contributed by atoms with van der Waals surface area (Å²) < 4.78 is 7.67. The van der Waals surface area contributed by atoms with Crippen molar-refractivity contribution in [1.82, 2.24) is 15.1 Å². The van der Waals surface area contributed by atoms with Gasteiger partial charge >= 0.3 is 0 Å². The molecule has 4 heteroatoms. The zero-order valence-corrected chi connectivity index (χ0v) is 10.8. The Balaban J connectivity index is 2.26. The first-order valence-corrected chi connectivity index (χ1v) is 5.95. The van der Waals surface area contributed by atoms with Gasteiger partial charge in [-0.1, -0.05) is 6.92 Å². The minimum Gasteiger partial charge on any atom is -0.459 e. The molecule has 0 aliphatic carbocycles. The summed E-state index contributed by atoms with van der Waals surface area (Å²) >= 11 is 0. The first-order chi connectivity index (χ1) is 8.11. The van der Waals surface area contributed by atoms with E-state index in [0.717, 1.165) is 29.3 Å². The number of aryl methyl sites for hydroxylation is 2. The van der Waals surface area contributed by atoms with Crippen LogP contribution in [0.25, 0.3) is 11.3 Å². The fourth-order valence-corrected chi connectivity index (χ4v) is 1.98. The Labute approximate surface area is 102 Å². The summed E-state index contributed by atoms with van der Waals surface area (Å²) in [4.78, 5) is 0. The molecule has 2 aromatic rings. The second-order valence-electron chi connectivity index (χ2n) is 4.28. The largest absolute Gasteiger partial charge is 0.459 e. The highest BCUT2D eigenvalue weighted by molar-refractivity contribution is 5.59.